The highest BCUT2D eigenvalue weighted by Gasteiger charge is 2.13. The lowest BCUT2D eigenvalue weighted by atomic mass is 10.2. The van der Waals surface area contributed by atoms with Crippen LogP contribution in [0.25, 0.3) is 5.69 Å². The molecule has 26 heavy (non-hydrogen) atoms. The zero-order valence-corrected chi connectivity index (χ0v) is 15.5. The van der Waals surface area contributed by atoms with Gasteiger partial charge < -0.3 is 4.90 Å². The van der Waals surface area contributed by atoms with E-state index in [9.17, 15) is 9.18 Å². The van der Waals surface area contributed by atoms with Gasteiger partial charge in [-0.1, -0.05) is 36.0 Å². The van der Waals surface area contributed by atoms with E-state index in [1.165, 1.54) is 23.9 Å². The van der Waals surface area contributed by atoms with Gasteiger partial charge in [0, 0.05) is 31.7 Å². The van der Waals surface area contributed by atoms with Gasteiger partial charge in [0.15, 0.2) is 5.16 Å². The number of carbonyl (C=O) groups excluding carboxylic acids is 1. The second kappa shape index (κ2) is 8.19. The minimum absolute atomic E-state index is 0.0296. The molecule has 0 aliphatic heterocycles. The third-order valence-electron chi connectivity index (χ3n) is 3.95. The summed E-state index contributed by atoms with van der Waals surface area (Å²) in [6.07, 6.45) is 3.61. The fraction of sp³-hybridized carbons (Fsp3) is 0.200. The molecular formula is C20H20FN3OS. The summed E-state index contributed by atoms with van der Waals surface area (Å²) in [6, 6.07) is 14.4. The normalized spacial score (nSPS) is 10.7. The van der Waals surface area contributed by atoms with Gasteiger partial charge in [0.2, 0.25) is 5.91 Å². The lowest BCUT2D eigenvalue weighted by molar-refractivity contribution is -0.127. The molecule has 0 radical (unpaired) electrons. The predicted octanol–water partition coefficient (Wildman–Crippen LogP) is 4.07. The molecule has 6 heteroatoms. The number of hydrogen-bond acceptors (Lipinski definition) is 3. The number of nitrogens with zero attached hydrogens (tertiary/aromatic N) is 3. The summed E-state index contributed by atoms with van der Waals surface area (Å²) in [5.41, 5.74) is 2.95. The van der Waals surface area contributed by atoms with Crippen molar-refractivity contribution in [2.24, 2.45) is 0 Å². The fourth-order valence-corrected chi connectivity index (χ4v) is 3.52. The molecule has 0 saturated heterocycles. The molecule has 0 aliphatic carbocycles. The van der Waals surface area contributed by atoms with Crippen LogP contribution in [0.15, 0.2) is 66.1 Å². The number of thioether (sulfide) groups is 1. The van der Waals surface area contributed by atoms with Crippen LogP contribution >= 0.6 is 11.8 Å². The van der Waals surface area contributed by atoms with E-state index in [0.29, 0.717) is 6.54 Å². The molecule has 0 atom stereocenters. The van der Waals surface area contributed by atoms with Crippen molar-refractivity contribution in [2.45, 2.75) is 18.6 Å². The largest absolute Gasteiger partial charge is 0.341 e. The molecule has 134 valence electrons. The van der Waals surface area contributed by atoms with Crippen LogP contribution in [0.1, 0.15) is 11.1 Å². The maximum Gasteiger partial charge on any atom is 0.233 e. The highest BCUT2D eigenvalue weighted by atomic mass is 32.2. The van der Waals surface area contributed by atoms with Crippen LogP contribution in [0.3, 0.4) is 0 Å². The van der Waals surface area contributed by atoms with E-state index >= 15 is 0 Å². The summed E-state index contributed by atoms with van der Waals surface area (Å²) in [7, 11) is 1.72. The minimum atomic E-state index is -0.294. The summed E-state index contributed by atoms with van der Waals surface area (Å²) < 4.78 is 15.2. The van der Waals surface area contributed by atoms with Crippen LogP contribution < -0.4 is 0 Å². The van der Waals surface area contributed by atoms with E-state index in [1.807, 2.05) is 42.0 Å². The van der Waals surface area contributed by atoms with Crippen molar-refractivity contribution in [3.63, 3.8) is 0 Å². The first-order chi connectivity index (χ1) is 12.5. The molecule has 1 heterocycles. The first-order valence-electron chi connectivity index (χ1n) is 8.24. The molecule has 2 aromatic carbocycles. The number of aryl methyl sites for hydroxylation is 1. The zero-order chi connectivity index (χ0) is 18.5. The Balaban J connectivity index is 1.62. The lowest BCUT2D eigenvalue weighted by Crippen LogP contribution is -2.27. The van der Waals surface area contributed by atoms with Crippen molar-refractivity contribution in [3.05, 3.63) is 77.9 Å². The molecule has 0 saturated carbocycles. The third kappa shape index (κ3) is 4.52. The van der Waals surface area contributed by atoms with Gasteiger partial charge in [-0.25, -0.2) is 9.37 Å². The van der Waals surface area contributed by atoms with Gasteiger partial charge in [0.1, 0.15) is 5.82 Å². The van der Waals surface area contributed by atoms with Gasteiger partial charge in [-0.2, -0.15) is 0 Å². The number of benzene rings is 2. The first-order valence-corrected chi connectivity index (χ1v) is 9.23. The molecule has 0 unspecified atom stereocenters. The van der Waals surface area contributed by atoms with Gasteiger partial charge in [-0.15, -0.1) is 0 Å². The van der Waals surface area contributed by atoms with E-state index in [1.54, 1.807) is 24.2 Å². The number of rotatable bonds is 6. The van der Waals surface area contributed by atoms with Crippen molar-refractivity contribution in [3.8, 4) is 5.69 Å². The average molecular weight is 369 g/mol. The Morgan fingerprint density at radius 1 is 1.23 bits per heavy atom. The summed E-state index contributed by atoms with van der Waals surface area (Å²) >= 11 is 1.39. The Bertz CT molecular complexity index is 909. The molecular weight excluding hydrogens is 349 g/mol. The number of hydrogen-bond donors (Lipinski definition) is 0. The quantitative estimate of drug-likeness (QED) is 0.615. The van der Waals surface area contributed by atoms with Crippen LogP contribution in [-0.2, 0) is 11.3 Å². The molecule has 0 aliphatic rings. The third-order valence-corrected chi connectivity index (χ3v) is 4.90. The molecule has 0 fully saturated rings. The Labute approximate surface area is 156 Å². The van der Waals surface area contributed by atoms with Crippen molar-refractivity contribution < 1.29 is 9.18 Å². The van der Waals surface area contributed by atoms with Crippen molar-refractivity contribution in [1.82, 2.24) is 14.5 Å². The molecule has 0 N–H and O–H groups in total. The number of aromatic nitrogens is 2. The van der Waals surface area contributed by atoms with Gasteiger partial charge in [0.25, 0.3) is 0 Å². The van der Waals surface area contributed by atoms with Crippen LogP contribution in [0.4, 0.5) is 4.39 Å². The standard InChI is InChI=1S/C20H20FN3OS/c1-15-5-3-8-18(11-15)24-10-9-22-20(24)26-14-19(25)23(2)13-16-6-4-7-17(21)12-16/h3-12H,13-14H2,1-2H3. The van der Waals surface area contributed by atoms with Crippen LogP contribution in [-0.4, -0.2) is 33.2 Å². The molecule has 3 aromatic rings. The lowest BCUT2D eigenvalue weighted by Gasteiger charge is -2.17. The van der Waals surface area contributed by atoms with Crippen molar-refractivity contribution in [1.29, 1.82) is 0 Å². The number of amides is 1. The van der Waals surface area contributed by atoms with Gasteiger partial charge >= 0.3 is 0 Å². The van der Waals surface area contributed by atoms with Crippen LogP contribution in [0.2, 0.25) is 0 Å². The van der Waals surface area contributed by atoms with Crippen molar-refractivity contribution in [2.75, 3.05) is 12.8 Å². The minimum Gasteiger partial charge on any atom is -0.341 e. The second-order valence-electron chi connectivity index (χ2n) is 6.09. The summed E-state index contributed by atoms with van der Waals surface area (Å²) in [5.74, 6) is -0.0507. The van der Waals surface area contributed by atoms with E-state index in [0.717, 1.165) is 22.0 Å². The summed E-state index contributed by atoms with van der Waals surface area (Å²) in [4.78, 5) is 18.4. The first kappa shape index (κ1) is 18.2. The fourth-order valence-electron chi connectivity index (χ4n) is 2.60. The summed E-state index contributed by atoms with van der Waals surface area (Å²) in [5, 5.41) is 0.767. The van der Waals surface area contributed by atoms with Crippen molar-refractivity contribution >= 4 is 17.7 Å². The topological polar surface area (TPSA) is 38.1 Å². The Morgan fingerprint density at radius 2 is 2.04 bits per heavy atom. The number of halogens is 1. The monoisotopic (exact) mass is 369 g/mol. The smallest absolute Gasteiger partial charge is 0.233 e. The highest BCUT2D eigenvalue weighted by Crippen LogP contribution is 2.21. The highest BCUT2D eigenvalue weighted by molar-refractivity contribution is 7.99. The Morgan fingerprint density at radius 3 is 2.81 bits per heavy atom. The van der Waals surface area contributed by atoms with E-state index < -0.39 is 0 Å². The van der Waals surface area contributed by atoms with E-state index in [-0.39, 0.29) is 17.5 Å². The summed E-state index contributed by atoms with van der Waals surface area (Å²) in [6.45, 7) is 2.42. The molecule has 0 spiro atoms. The zero-order valence-electron chi connectivity index (χ0n) is 14.7. The maximum atomic E-state index is 13.3. The average Bonchev–Trinajstić information content (AvgIpc) is 3.08. The maximum absolute atomic E-state index is 13.3. The van der Waals surface area contributed by atoms with Crippen LogP contribution in [0.5, 0.6) is 0 Å². The van der Waals surface area contributed by atoms with Gasteiger partial charge in [0.05, 0.1) is 5.75 Å². The Kier molecular flexibility index (Phi) is 5.73. The molecule has 3 rings (SSSR count). The number of carbonyl (C=O) groups is 1. The molecule has 1 amide bonds. The molecule has 0 bridgehead atoms. The van der Waals surface area contributed by atoms with E-state index in [2.05, 4.69) is 11.1 Å². The Hall–Kier alpha value is -2.60. The van der Waals surface area contributed by atoms with Gasteiger partial charge in [-0.05, 0) is 42.3 Å². The molecule has 1 aromatic heterocycles. The molecule has 4 nitrogen and oxygen atoms in total. The number of imidazole rings is 1. The SMILES string of the molecule is Cc1cccc(-n2ccnc2SCC(=O)N(C)Cc2cccc(F)c2)c1. The van der Waals surface area contributed by atoms with Gasteiger partial charge in [-0.3, -0.25) is 9.36 Å². The van der Waals surface area contributed by atoms with E-state index in [4.69, 9.17) is 0 Å². The predicted molar refractivity (Wildman–Crippen MR) is 102 cm³/mol. The second-order valence-corrected chi connectivity index (χ2v) is 7.03. The van der Waals surface area contributed by atoms with Crippen LogP contribution in [0, 0.1) is 12.7 Å².